The molecule has 0 amide bonds. The minimum absolute atomic E-state index is 0.00249. The predicted octanol–water partition coefficient (Wildman–Crippen LogP) is -1.01. The van der Waals surface area contributed by atoms with E-state index in [1.54, 1.807) is 0 Å². The standard InChI is InChI=1S/C23H28NO4.ClHO4/c1-6-26-23(27-7-2)20-17-12-8-9-14-24(17)21(22(23,4)5)16-11-10-13-18(19(16)20)28-15(3)25;2-1(3,4)5/h8-14,20-21H,6-7H2,1-5H3;(H,2,3,4,5)/q+1;/p-1/t20-,21+;/m1./s1. The van der Waals surface area contributed by atoms with Crippen LogP contribution in [0.25, 0.3) is 0 Å². The van der Waals surface area contributed by atoms with Gasteiger partial charge in [0.1, 0.15) is 11.7 Å². The van der Waals surface area contributed by atoms with Gasteiger partial charge in [0.15, 0.2) is 23.7 Å². The molecule has 9 nitrogen and oxygen atoms in total. The summed E-state index contributed by atoms with van der Waals surface area (Å²) in [7, 11) is -4.94. The van der Waals surface area contributed by atoms with Gasteiger partial charge in [-0.05, 0) is 33.8 Å². The summed E-state index contributed by atoms with van der Waals surface area (Å²) in [6, 6.07) is 12.2. The molecule has 180 valence electrons. The first-order valence-corrected chi connectivity index (χ1v) is 11.8. The fourth-order valence-corrected chi connectivity index (χ4v) is 5.29. The van der Waals surface area contributed by atoms with Gasteiger partial charge in [-0.15, -0.1) is 10.2 Å². The van der Waals surface area contributed by atoms with Crippen molar-refractivity contribution in [1.29, 1.82) is 0 Å². The second-order valence-electron chi connectivity index (χ2n) is 8.35. The molecule has 10 heteroatoms. The molecule has 0 radical (unpaired) electrons. The van der Waals surface area contributed by atoms with Crippen LogP contribution in [0.4, 0.5) is 0 Å². The van der Waals surface area contributed by atoms with Crippen LogP contribution in [0.15, 0.2) is 42.6 Å². The molecule has 1 aromatic heterocycles. The van der Waals surface area contributed by atoms with Crippen molar-refractivity contribution in [3.05, 3.63) is 59.4 Å². The summed E-state index contributed by atoms with van der Waals surface area (Å²) in [6.07, 6.45) is 2.12. The molecular weight excluding hydrogens is 454 g/mol. The molecule has 3 aliphatic rings. The lowest BCUT2D eigenvalue weighted by molar-refractivity contribution is -2.00. The molecule has 33 heavy (non-hydrogen) atoms. The number of aromatic nitrogens is 1. The highest BCUT2D eigenvalue weighted by Crippen LogP contribution is 2.63. The van der Waals surface area contributed by atoms with Gasteiger partial charge in [-0.2, -0.15) is 4.57 Å². The highest BCUT2D eigenvalue weighted by Gasteiger charge is 2.71. The van der Waals surface area contributed by atoms with Crippen LogP contribution in [0.3, 0.4) is 0 Å². The van der Waals surface area contributed by atoms with Crippen LogP contribution in [0.1, 0.15) is 63.4 Å². The number of ether oxygens (including phenoxy) is 3. The Kier molecular flexibility index (Phi) is 7.16. The predicted molar refractivity (Wildman–Crippen MR) is 104 cm³/mol. The van der Waals surface area contributed by atoms with E-state index in [0.717, 1.165) is 16.8 Å². The average molecular weight is 482 g/mol. The van der Waals surface area contributed by atoms with Crippen LogP contribution in [0.5, 0.6) is 5.75 Å². The van der Waals surface area contributed by atoms with Crippen LogP contribution in [-0.2, 0) is 14.3 Å². The zero-order chi connectivity index (χ0) is 24.6. The van der Waals surface area contributed by atoms with Crippen LogP contribution >= 0.6 is 0 Å². The van der Waals surface area contributed by atoms with Crippen LogP contribution in [0.2, 0.25) is 0 Å². The molecule has 5 rings (SSSR count). The molecule has 1 aromatic carbocycles. The Morgan fingerprint density at radius 3 is 2.18 bits per heavy atom. The highest BCUT2D eigenvalue weighted by atomic mass is 35.7. The smallest absolute Gasteiger partial charge is 0.308 e. The Hall–Kier alpha value is -2.11. The number of benzene rings is 1. The van der Waals surface area contributed by atoms with Crippen molar-refractivity contribution in [3.63, 3.8) is 0 Å². The maximum absolute atomic E-state index is 11.8. The van der Waals surface area contributed by atoms with Crippen LogP contribution in [0, 0.1) is 15.7 Å². The van der Waals surface area contributed by atoms with Crippen LogP contribution < -0.4 is 27.9 Å². The van der Waals surface area contributed by atoms with Crippen molar-refractivity contribution in [2.24, 2.45) is 5.41 Å². The van der Waals surface area contributed by atoms with E-state index in [-0.39, 0.29) is 23.3 Å². The highest BCUT2D eigenvalue weighted by molar-refractivity contribution is 5.71. The minimum atomic E-state index is -4.94. The first-order chi connectivity index (χ1) is 15.4. The molecule has 2 atom stereocenters. The lowest BCUT2D eigenvalue weighted by Crippen LogP contribution is -2.71. The second kappa shape index (κ2) is 9.27. The number of carbonyl (C=O) groups is 1. The normalized spacial score (nSPS) is 21.4. The van der Waals surface area contributed by atoms with E-state index in [9.17, 15) is 4.79 Å². The van der Waals surface area contributed by atoms with Crippen molar-refractivity contribution in [3.8, 4) is 5.75 Å². The quantitative estimate of drug-likeness (QED) is 0.229. The average Bonchev–Trinajstić information content (AvgIpc) is 2.69. The first kappa shape index (κ1) is 25.5. The summed E-state index contributed by atoms with van der Waals surface area (Å²) >= 11 is 0. The topological polar surface area (TPSA) is 141 Å². The van der Waals surface area contributed by atoms with Gasteiger partial charge in [-0.3, -0.25) is 4.79 Å². The zero-order valence-corrected chi connectivity index (χ0v) is 20.0. The summed E-state index contributed by atoms with van der Waals surface area (Å²) in [5.41, 5.74) is 2.92. The largest absolute Gasteiger partial charge is 0.426 e. The van der Waals surface area contributed by atoms with Crippen molar-refractivity contribution in [2.75, 3.05) is 13.2 Å². The Morgan fingerprint density at radius 1 is 1.03 bits per heavy atom. The third-order valence-electron chi connectivity index (χ3n) is 6.11. The van der Waals surface area contributed by atoms with E-state index < -0.39 is 16.0 Å². The van der Waals surface area contributed by atoms with E-state index in [1.165, 1.54) is 6.92 Å². The Bertz CT molecular complexity index is 1010. The Balaban J connectivity index is 0.000000555. The van der Waals surface area contributed by atoms with E-state index in [1.807, 2.05) is 32.0 Å². The van der Waals surface area contributed by atoms with E-state index in [0.29, 0.717) is 19.0 Å². The molecule has 0 fully saturated rings. The lowest BCUT2D eigenvalue weighted by atomic mass is 9.57. The minimum Gasteiger partial charge on any atom is -0.426 e. The molecule has 0 unspecified atom stereocenters. The number of rotatable bonds is 5. The number of esters is 1. The van der Waals surface area contributed by atoms with Crippen LogP contribution in [-0.4, -0.2) is 25.0 Å². The summed E-state index contributed by atoms with van der Waals surface area (Å²) in [5.74, 6) is -0.798. The molecule has 0 N–H and O–H groups in total. The number of nitrogens with zero attached hydrogens (tertiary/aromatic N) is 1. The Labute approximate surface area is 194 Å². The van der Waals surface area contributed by atoms with Gasteiger partial charge >= 0.3 is 5.97 Å². The number of pyridine rings is 1. The molecule has 1 aliphatic carbocycles. The van der Waals surface area contributed by atoms with Gasteiger partial charge in [-0.25, -0.2) is 18.6 Å². The third kappa shape index (κ3) is 4.50. The van der Waals surface area contributed by atoms with E-state index in [4.69, 9.17) is 32.8 Å². The maximum atomic E-state index is 11.8. The van der Waals surface area contributed by atoms with Gasteiger partial charge in [0.2, 0.25) is 0 Å². The third-order valence-corrected chi connectivity index (χ3v) is 6.11. The van der Waals surface area contributed by atoms with Crippen molar-refractivity contribution >= 4 is 5.97 Å². The summed E-state index contributed by atoms with van der Waals surface area (Å²) in [5, 5.41) is 0. The van der Waals surface area contributed by atoms with Gasteiger partial charge in [-0.1, -0.05) is 18.2 Å². The first-order valence-electron chi connectivity index (χ1n) is 10.6. The molecule has 2 bridgehead atoms. The zero-order valence-electron chi connectivity index (χ0n) is 19.2. The SMILES string of the molecule is CCOC1(OCC)[C@H]2c3c(OC(C)=O)cccc3[C@H]([n+]3ccccc32)C1(C)C.[O-][Cl+3]([O-])([O-])[O-]. The number of carbonyl (C=O) groups excluding carboxylic acids is 1. The van der Waals surface area contributed by atoms with Crippen molar-refractivity contribution in [1.82, 2.24) is 0 Å². The van der Waals surface area contributed by atoms with Gasteiger partial charge < -0.3 is 14.2 Å². The summed E-state index contributed by atoms with van der Waals surface area (Å²) in [6.45, 7) is 10.9. The van der Waals surface area contributed by atoms with Gasteiger partial charge in [0.05, 0.1) is 5.41 Å². The number of hydrogen-bond donors (Lipinski definition) is 0. The molecule has 0 saturated heterocycles. The van der Waals surface area contributed by atoms with E-state index >= 15 is 0 Å². The Morgan fingerprint density at radius 2 is 1.64 bits per heavy atom. The van der Waals surface area contributed by atoms with Gasteiger partial charge in [0.25, 0.3) is 0 Å². The fraction of sp³-hybridized carbons (Fsp3) is 0.478. The molecule has 2 aromatic rings. The molecule has 3 heterocycles. The van der Waals surface area contributed by atoms with Crippen molar-refractivity contribution < 1.29 is 52.5 Å². The molecular formula is C23H28ClNO8. The number of halogens is 1. The lowest BCUT2D eigenvalue weighted by Gasteiger charge is -2.57. The molecule has 0 spiro atoms. The summed E-state index contributed by atoms with van der Waals surface area (Å²) in [4.78, 5) is 11.8. The second-order valence-corrected chi connectivity index (χ2v) is 9.11. The van der Waals surface area contributed by atoms with Gasteiger partial charge in [0, 0.05) is 43.4 Å². The van der Waals surface area contributed by atoms with E-state index in [2.05, 4.69) is 42.8 Å². The molecule has 0 saturated carbocycles. The fourth-order valence-electron chi connectivity index (χ4n) is 5.29. The summed E-state index contributed by atoms with van der Waals surface area (Å²) < 4.78 is 54.8. The van der Waals surface area contributed by atoms with Crippen molar-refractivity contribution in [2.45, 2.75) is 52.4 Å². The number of hydrogen-bond acceptors (Lipinski definition) is 8. The molecule has 2 aliphatic heterocycles. The maximum Gasteiger partial charge on any atom is 0.308 e. The number of fused-ring (bicyclic) bond motifs is 1. The monoisotopic (exact) mass is 481 g/mol.